The van der Waals surface area contributed by atoms with E-state index in [-0.39, 0.29) is 5.82 Å². The maximum absolute atomic E-state index is 12.9. The summed E-state index contributed by atoms with van der Waals surface area (Å²) >= 11 is 11.9. The molecule has 82 valence electrons. The van der Waals surface area contributed by atoms with Gasteiger partial charge in [0.2, 0.25) is 0 Å². The second-order valence-electron chi connectivity index (χ2n) is 3.36. The Morgan fingerprint density at radius 2 is 1.69 bits per heavy atom. The number of rotatable bonds is 1. The van der Waals surface area contributed by atoms with Crippen LogP contribution in [0.2, 0.25) is 10.0 Å². The van der Waals surface area contributed by atoms with Gasteiger partial charge in [0, 0.05) is 26.9 Å². The molecule has 2 aromatic rings. The molecule has 4 heteroatoms. The Morgan fingerprint density at radius 3 is 2.38 bits per heavy atom. The van der Waals surface area contributed by atoms with Crippen molar-refractivity contribution in [3.63, 3.8) is 0 Å². The van der Waals surface area contributed by atoms with Gasteiger partial charge in [-0.2, -0.15) is 0 Å². The smallest absolute Gasteiger partial charge is 0.125 e. The summed E-state index contributed by atoms with van der Waals surface area (Å²) in [5.41, 5.74) is 7.44. The standard InChI is InChI=1S/C12H8Cl2FN/c13-7-1-4-11(14)10(5-7)9-3-2-8(15)6-12(9)16/h1-6H,16H2. The van der Waals surface area contributed by atoms with Crippen molar-refractivity contribution in [1.82, 2.24) is 0 Å². The van der Waals surface area contributed by atoms with Gasteiger partial charge in [-0.25, -0.2) is 4.39 Å². The van der Waals surface area contributed by atoms with Crippen molar-refractivity contribution < 1.29 is 4.39 Å². The van der Waals surface area contributed by atoms with E-state index < -0.39 is 0 Å². The normalized spacial score (nSPS) is 10.4. The molecule has 0 aliphatic rings. The summed E-state index contributed by atoms with van der Waals surface area (Å²) in [6, 6.07) is 9.25. The third-order valence-electron chi connectivity index (χ3n) is 2.23. The first-order valence-electron chi connectivity index (χ1n) is 4.58. The minimum atomic E-state index is -0.376. The number of benzene rings is 2. The monoisotopic (exact) mass is 255 g/mol. The molecule has 0 saturated heterocycles. The van der Waals surface area contributed by atoms with Crippen LogP contribution < -0.4 is 5.73 Å². The van der Waals surface area contributed by atoms with Gasteiger partial charge in [0.15, 0.2) is 0 Å². The second-order valence-corrected chi connectivity index (χ2v) is 4.20. The molecule has 0 aliphatic carbocycles. The fraction of sp³-hybridized carbons (Fsp3) is 0. The zero-order valence-corrected chi connectivity index (χ0v) is 9.69. The summed E-state index contributed by atoms with van der Waals surface area (Å²) in [6.45, 7) is 0. The van der Waals surface area contributed by atoms with Crippen molar-refractivity contribution in [1.29, 1.82) is 0 Å². The molecule has 2 N–H and O–H groups in total. The van der Waals surface area contributed by atoms with E-state index in [1.165, 1.54) is 12.1 Å². The molecule has 0 spiro atoms. The molecule has 0 heterocycles. The summed E-state index contributed by atoms with van der Waals surface area (Å²) in [6.07, 6.45) is 0. The van der Waals surface area contributed by atoms with E-state index >= 15 is 0 Å². The number of nitrogens with two attached hydrogens (primary N) is 1. The number of anilines is 1. The Bertz CT molecular complexity index is 541. The summed E-state index contributed by atoms with van der Waals surface area (Å²) in [4.78, 5) is 0. The van der Waals surface area contributed by atoms with Crippen molar-refractivity contribution in [2.45, 2.75) is 0 Å². The Balaban J connectivity index is 2.62. The molecule has 0 aliphatic heterocycles. The summed E-state index contributed by atoms with van der Waals surface area (Å²) in [5, 5.41) is 1.09. The van der Waals surface area contributed by atoms with Gasteiger partial charge in [-0.3, -0.25) is 0 Å². The minimum Gasteiger partial charge on any atom is -0.398 e. The van der Waals surface area contributed by atoms with Crippen molar-refractivity contribution in [3.8, 4) is 11.1 Å². The molecule has 2 aromatic carbocycles. The SMILES string of the molecule is Nc1cc(F)ccc1-c1cc(Cl)ccc1Cl. The Morgan fingerprint density at radius 1 is 0.938 bits per heavy atom. The van der Waals surface area contributed by atoms with Crippen molar-refractivity contribution >= 4 is 28.9 Å². The Hall–Kier alpha value is -1.25. The topological polar surface area (TPSA) is 26.0 Å². The first-order chi connectivity index (χ1) is 7.58. The highest BCUT2D eigenvalue weighted by Crippen LogP contribution is 2.34. The van der Waals surface area contributed by atoms with E-state index in [9.17, 15) is 4.39 Å². The van der Waals surface area contributed by atoms with Crippen LogP contribution in [-0.2, 0) is 0 Å². The average Bonchev–Trinajstić information content (AvgIpc) is 2.22. The summed E-state index contributed by atoms with van der Waals surface area (Å²) in [7, 11) is 0. The molecule has 0 amide bonds. The van der Waals surface area contributed by atoms with Gasteiger partial charge in [-0.1, -0.05) is 23.2 Å². The molecular weight excluding hydrogens is 248 g/mol. The average molecular weight is 256 g/mol. The van der Waals surface area contributed by atoms with Gasteiger partial charge in [0.25, 0.3) is 0 Å². The van der Waals surface area contributed by atoms with E-state index in [0.717, 1.165) is 0 Å². The van der Waals surface area contributed by atoms with Gasteiger partial charge >= 0.3 is 0 Å². The first kappa shape index (κ1) is 11.2. The molecule has 0 unspecified atom stereocenters. The molecule has 0 saturated carbocycles. The van der Waals surface area contributed by atoms with Crippen molar-refractivity contribution in [2.75, 3.05) is 5.73 Å². The lowest BCUT2D eigenvalue weighted by Crippen LogP contribution is -1.91. The Kier molecular flexibility index (Phi) is 3.03. The van der Waals surface area contributed by atoms with Crippen molar-refractivity contribution in [3.05, 3.63) is 52.3 Å². The van der Waals surface area contributed by atoms with Crippen LogP contribution in [0.4, 0.5) is 10.1 Å². The molecule has 0 fully saturated rings. The number of halogens is 3. The third-order valence-corrected chi connectivity index (χ3v) is 2.80. The molecule has 0 bridgehead atoms. The highest BCUT2D eigenvalue weighted by Gasteiger charge is 2.08. The van der Waals surface area contributed by atoms with Crippen LogP contribution in [0.5, 0.6) is 0 Å². The lowest BCUT2D eigenvalue weighted by Gasteiger charge is -2.08. The van der Waals surface area contributed by atoms with Crippen LogP contribution >= 0.6 is 23.2 Å². The molecule has 0 aromatic heterocycles. The molecule has 2 rings (SSSR count). The minimum absolute atomic E-state index is 0.337. The second kappa shape index (κ2) is 4.32. The van der Waals surface area contributed by atoms with Gasteiger partial charge in [-0.05, 0) is 36.4 Å². The predicted octanol–water partition coefficient (Wildman–Crippen LogP) is 4.38. The lowest BCUT2D eigenvalue weighted by atomic mass is 10.0. The third kappa shape index (κ3) is 2.13. The highest BCUT2D eigenvalue weighted by molar-refractivity contribution is 6.35. The zero-order chi connectivity index (χ0) is 11.7. The predicted molar refractivity (Wildman–Crippen MR) is 66.3 cm³/mol. The summed E-state index contributed by atoms with van der Waals surface area (Å²) < 4.78 is 12.9. The van der Waals surface area contributed by atoms with Gasteiger partial charge in [0.1, 0.15) is 5.82 Å². The highest BCUT2D eigenvalue weighted by atomic mass is 35.5. The van der Waals surface area contributed by atoms with Crippen LogP contribution in [0.3, 0.4) is 0 Å². The maximum Gasteiger partial charge on any atom is 0.125 e. The quantitative estimate of drug-likeness (QED) is 0.752. The molecule has 0 radical (unpaired) electrons. The van der Waals surface area contributed by atoms with Gasteiger partial charge in [-0.15, -0.1) is 0 Å². The first-order valence-corrected chi connectivity index (χ1v) is 5.34. The zero-order valence-electron chi connectivity index (χ0n) is 8.18. The fourth-order valence-corrected chi connectivity index (χ4v) is 1.87. The number of hydrogen-bond donors (Lipinski definition) is 1. The van der Waals surface area contributed by atoms with Gasteiger partial charge in [0.05, 0.1) is 0 Å². The van der Waals surface area contributed by atoms with Crippen LogP contribution in [0.1, 0.15) is 0 Å². The van der Waals surface area contributed by atoms with Gasteiger partial charge < -0.3 is 5.73 Å². The van der Waals surface area contributed by atoms with Crippen molar-refractivity contribution in [2.24, 2.45) is 0 Å². The van der Waals surface area contributed by atoms with Crippen LogP contribution in [-0.4, -0.2) is 0 Å². The van der Waals surface area contributed by atoms with Crippen LogP contribution in [0.25, 0.3) is 11.1 Å². The van der Waals surface area contributed by atoms with E-state index in [2.05, 4.69) is 0 Å². The summed E-state index contributed by atoms with van der Waals surface area (Å²) in [5.74, 6) is -0.376. The van der Waals surface area contributed by atoms with E-state index in [4.69, 9.17) is 28.9 Å². The maximum atomic E-state index is 12.9. The fourth-order valence-electron chi connectivity index (χ4n) is 1.48. The van der Waals surface area contributed by atoms with E-state index in [1.54, 1.807) is 24.3 Å². The van der Waals surface area contributed by atoms with Crippen LogP contribution in [0, 0.1) is 5.82 Å². The number of hydrogen-bond acceptors (Lipinski definition) is 1. The van der Waals surface area contributed by atoms with E-state index in [0.29, 0.717) is 26.9 Å². The molecule has 16 heavy (non-hydrogen) atoms. The molecule has 0 atom stereocenters. The molecule has 1 nitrogen and oxygen atoms in total. The lowest BCUT2D eigenvalue weighted by molar-refractivity contribution is 0.628. The number of nitrogen functional groups attached to an aromatic ring is 1. The molecular formula is C12H8Cl2FN. The van der Waals surface area contributed by atoms with Crippen LogP contribution in [0.15, 0.2) is 36.4 Å². The largest absolute Gasteiger partial charge is 0.398 e. The Labute approximate surface area is 103 Å². The van der Waals surface area contributed by atoms with E-state index in [1.807, 2.05) is 0 Å².